The number of para-hydroxylation sites is 1. The van der Waals surface area contributed by atoms with Crippen LogP contribution in [-0.4, -0.2) is 4.98 Å². The average molecular weight is 281 g/mol. The molecule has 0 fully saturated rings. The van der Waals surface area contributed by atoms with Gasteiger partial charge in [0.1, 0.15) is 11.2 Å². The molecule has 4 aromatic carbocycles. The first-order valence-corrected chi connectivity index (χ1v) is 7.47. The lowest BCUT2D eigenvalue weighted by Crippen LogP contribution is -1.76. The number of aromatic amines is 1. The number of aromatic nitrogens is 1. The summed E-state index contributed by atoms with van der Waals surface area (Å²) in [5.41, 5.74) is 4.27. The molecule has 0 aliphatic heterocycles. The molecule has 22 heavy (non-hydrogen) atoms. The minimum atomic E-state index is 0.943. The third kappa shape index (κ3) is 1.10. The van der Waals surface area contributed by atoms with Crippen LogP contribution in [0.1, 0.15) is 0 Å². The zero-order chi connectivity index (χ0) is 14.3. The summed E-state index contributed by atoms with van der Waals surface area (Å²) in [5.74, 6) is 0. The van der Waals surface area contributed by atoms with Crippen molar-refractivity contribution in [3.63, 3.8) is 0 Å². The number of rotatable bonds is 0. The second-order valence-corrected chi connectivity index (χ2v) is 5.92. The summed E-state index contributed by atoms with van der Waals surface area (Å²) in [7, 11) is 0. The van der Waals surface area contributed by atoms with Crippen molar-refractivity contribution in [2.45, 2.75) is 0 Å². The zero-order valence-corrected chi connectivity index (χ0v) is 11.7. The largest absolute Gasteiger partial charge is 0.456 e. The van der Waals surface area contributed by atoms with Crippen LogP contribution >= 0.6 is 0 Å². The first kappa shape index (κ1) is 10.7. The van der Waals surface area contributed by atoms with Crippen molar-refractivity contribution in [1.29, 1.82) is 0 Å². The van der Waals surface area contributed by atoms with Crippen LogP contribution in [0.4, 0.5) is 0 Å². The van der Waals surface area contributed by atoms with Gasteiger partial charge in [0.25, 0.3) is 0 Å². The Balaban J connectivity index is 2.06. The molecule has 6 aromatic rings. The highest BCUT2D eigenvalue weighted by molar-refractivity contribution is 6.31. The summed E-state index contributed by atoms with van der Waals surface area (Å²) < 4.78 is 6.07. The van der Waals surface area contributed by atoms with Gasteiger partial charge in [-0.1, -0.05) is 42.5 Å². The predicted octanol–water partition coefficient (Wildman–Crippen LogP) is 5.81. The highest BCUT2D eigenvalue weighted by Gasteiger charge is 2.17. The molecule has 2 nitrogen and oxygen atoms in total. The van der Waals surface area contributed by atoms with E-state index >= 15 is 0 Å². The van der Waals surface area contributed by atoms with Crippen molar-refractivity contribution in [2.75, 3.05) is 0 Å². The van der Waals surface area contributed by atoms with E-state index < -0.39 is 0 Å². The quantitative estimate of drug-likeness (QED) is 0.350. The molecule has 0 saturated heterocycles. The van der Waals surface area contributed by atoms with Crippen molar-refractivity contribution in [3.05, 3.63) is 60.7 Å². The minimum absolute atomic E-state index is 0.943. The molecule has 0 atom stereocenters. The molecule has 0 aliphatic carbocycles. The van der Waals surface area contributed by atoms with Gasteiger partial charge in [0.2, 0.25) is 0 Å². The molecular formula is C20H11NO. The molecule has 0 bridgehead atoms. The molecule has 2 heterocycles. The van der Waals surface area contributed by atoms with Crippen molar-refractivity contribution in [1.82, 2.24) is 4.98 Å². The molecule has 0 spiro atoms. The lowest BCUT2D eigenvalue weighted by Gasteiger charge is -2.02. The summed E-state index contributed by atoms with van der Waals surface area (Å²) in [5, 5.41) is 7.50. The van der Waals surface area contributed by atoms with Crippen LogP contribution in [0.5, 0.6) is 0 Å². The summed E-state index contributed by atoms with van der Waals surface area (Å²) >= 11 is 0. The van der Waals surface area contributed by atoms with E-state index in [2.05, 4.69) is 53.5 Å². The number of H-pyrrole nitrogens is 1. The average Bonchev–Trinajstić information content (AvgIpc) is 3.11. The Kier molecular flexibility index (Phi) is 1.66. The zero-order valence-electron chi connectivity index (χ0n) is 11.7. The molecule has 0 amide bonds. The van der Waals surface area contributed by atoms with E-state index in [1.54, 1.807) is 0 Å². The van der Waals surface area contributed by atoms with Gasteiger partial charge in [0, 0.05) is 21.7 Å². The van der Waals surface area contributed by atoms with Crippen molar-refractivity contribution < 1.29 is 4.42 Å². The summed E-state index contributed by atoms with van der Waals surface area (Å²) in [6.07, 6.45) is 0. The Hall–Kier alpha value is -3.00. The highest BCUT2D eigenvalue weighted by atomic mass is 16.3. The molecule has 0 saturated carbocycles. The SMILES string of the molecule is c1cc2ccc3cc4oc5ccccc5c4c4[nH]c(c1)c2c34. The lowest BCUT2D eigenvalue weighted by atomic mass is 10.00. The summed E-state index contributed by atoms with van der Waals surface area (Å²) in [4.78, 5) is 3.62. The van der Waals surface area contributed by atoms with Crippen molar-refractivity contribution in [3.8, 4) is 0 Å². The molecule has 102 valence electrons. The van der Waals surface area contributed by atoms with Gasteiger partial charge in [0.05, 0.1) is 10.9 Å². The number of benzene rings is 4. The Morgan fingerprint density at radius 3 is 2.59 bits per heavy atom. The Labute approximate surface area is 125 Å². The van der Waals surface area contributed by atoms with Gasteiger partial charge in [-0.05, 0) is 29.0 Å². The van der Waals surface area contributed by atoms with Crippen molar-refractivity contribution in [2.24, 2.45) is 0 Å². The van der Waals surface area contributed by atoms with E-state index in [9.17, 15) is 0 Å². The van der Waals surface area contributed by atoms with Crippen LogP contribution in [0.25, 0.3) is 54.5 Å². The van der Waals surface area contributed by atoms with Crippen LogP contribution in [0.2, 0.25) is 0 Å². The number of hydrogen-bond donors (Lipinski definition) is 1. The van der Waals surface area contributed by atoms with E-state index in [0.29, 0.717) is 0 Å². The molecule has 0 aliphatic rings. The fourth-order valence-corrected chi connectivity index (χ4v) is 3.84. The molecule has 1 N–H and O–H groups in total. The molecule has 0 unspecified atom stereocenters. The van der Waals surface area contributed by atoms with Crippen LogP contribution in [0, 0.1) is 0 Å². The topological polar surface area (TPSA) is 28.9 Å². The minimum Gasteiger partial charge on any atom is -0.456 e. The molecule has 0 radical (unpaired) electrons. The molecular weight excluding hydrogens is 270 g/mol. The fraction of sp³-hybridized carbons (Fsp3) is 0. The van der Waals surface area contributed by atoms with Crippen LogP contribution in [0.3, 0.4) is 0 Å². The first-order chi connectivity index (χ1) is 10.9. The first-order valence-electron chi connectivity index (χ1n) is 7.47. The Morgan fingerprint density at radius 2 is 1.59 bits per heavy atom. The van der Waals surface area contributed by atoms with Crippen LogP contribution in [0.15, 0.2) is 65.1 Å². The van der Waals surface area contributed by atoms with Crippen molar-refractivity contribution >= 4 is 54.5 Å². The second kappa shape index (κ2) is 3.42. The van der Waals surface area contributed by atoms with Crippen LogP contribution in [-0.2, 0) is 0 Å². The summed E-state index contributed by atoms with van der Waals surface area (Å²) in [6, 6.07) is 21.2. The Bertz CT molecular complexity index is 1320. The molecule has 6 rings (SSSR count). The number of furan rings is 1. The highest BCUT2D eigenvalue weighted by Crippen LogP contribution is 2.41. The van der Waals surface area contributed by atoms with Gasteiger partial charge in [-0.25, -0.2) is 0 Å². The van der Waals surface area contributed by atoms with E-state index in [-0.39, 0.29) is 0 Å². The van der Waals surface area contributed by atoms with Crippen LogP contribution < -0.4 is 0 Å². The number of nitrogens with one attached hydrogen (secondary N) is 1. The third-order valence-electron chi connectivity index (χ3n) is 4.75. The molecule has 2 aromatic heterocycles. The van der Waals surface area contributed by atoms with E-state index in [1.165, 1.54) is 43.4 Å². The monoisotopic (exact) mass is 281 g/mol. The number of fused-ring (bicyclic) bond motifs is 4. The normalized spacial score (nSPS) is 12.5. The standard InChI is InChI=1S/C20H11NO/c1-2-7-15-13(5-1)19-16(22-15)10-12-9-8-11-4-3-6-14-17(11)18(12)20(19)21-14/h1-10,21H. The maximum Gasteiger partial charge on any atom is 0.138 e. The van der Waals surface area contributed by atoms with Gasteiger partial charge in [-0.2, -0.15) is 0 Å². The maximum absolute atomic E-state index is 6.07. The van der Waals surface area contributed by atoms with Gasteiger partial charge in [-0.3, -0.25) is 0 Å². The van der Waals surface area contributed by atoms with Gasteiger partial charge in [-0.15, -0.1) is 0 Å². The molecule has 2 heteroatoms. The Morgan fingerprint density at radius 1 is 0.682 bits per heavy atom. The predicted molar refractivity (Wildman–Crippen MR) is 91.8 cm³/mol. The second-order valence-electron chi connectivity index (χ2n) is 5.92. The summed E-state index contributed by atoms with van der Waals surface area (Å²) in [6.45, 7) is 0. The van der Waals surface area contributed by atoms with E-state index in [0.717, 1.165) is 11.2 Å². The smallest absolute Gasteiger partial charge is 0.138 e. The van der Waals surface area contributed by atoms with Gasteiger partial charge < -0.3 is 9.40 Å². The lowest BCUT2D eigenvalue weighted by molar-refractivity contribution is 0.669. The van der Waals surface area contributed by atoms with E-state index in [4.69, 9.17) is 4.42 Å². The maximum atomic E-state index is 6.07. The number of hydrogen-bond acceptors (Lipinski definition) is 1. The van der Waals surface area contributed by atoms with E-state index in [1.807, 2.05) is 12.1 Å². The third-order valence-corrected chi connectivity index (χ3v) is 4.75. The fourth-order valence-electron chi connectivity index (χ4n) is 3.84. The van der Waals surface area contributed by atoms with Gasteiger partial charge in [0.15, 0.2) is 0 Å². The van der Waals surface area contributed by atoms with Gasteiger partial charge >= 0.3 is 0 Å².